The van der Waals surface area contributed by atoms with Gasteiger partial charge in [0.15, 0.2) is 0 Å². The highest BCUT2D eigenvalue weighted by molar-refractivity contribution is 8.00. The molecule has 0 saturated carbocycles. The van der Waals surface area contributed by atoms with E-state index in [9.17, 15) is 19.2 Å². The van der Waals surface area contributed by atoms with Crippen molar-refractivity contribution in [3.63, 3.8) is 0 Å². The summed E-state index contributed by atoms with van der Waals surface area (Å²) in [6.07, 6.45) is 4.05. The first-order chi connectivity index (χ1) is 15.5. The van der Waals surface area contributed by atoms with Crippen LogP contribution in [0.1, 0.15) is 39.2 Å². The Morgan fingerprint density at radius 3 is 2.72 bits per heavy atom. The van der Waals surface area contributed by atoms with E-state index in [2.05, 4.69) is 16.7 Å². The van der Waals surface area contributed by atoms with Gasteiger partial charge in [-0.25, -0.2) is 4.39 Å². The SMILES string of the molecule is N#Cc1c(NC(=O)CSc2cccc(NC(=O)c3ccccc3F)c2)sc2c1CCCC2. The molecule has 0 radical (unpaired) electrons. The highest BCUT2D eigenvalue weighted by atomic mass is 32.2. The minimum absolute atomic E-state index is 0.0307. The van der Waals surface area contributed by atoms with Gasteiger partial charge in [-0.3, -0.25) is 9.59 Å². The number of hydrogen-bond acceptors (Lipinski definition) is 5. The first kappa shape index (κ1) is 22.1. The van der Waals surface area contributed by atoms with Crippen molar-refractivity contribution in [2.45, 2.75) is 30.6 Å². The van der Waals surface area contributed by atoms with E-state index in [1.807, 2.05) is 6.07 Å². The summed E-state index contributed by atoms with van der Waals surface area (Å²) in [6, 6.07) is 15.1. The first-order valence-corrected chi connectivity index (χ1v) is 12.0. The van der Waals surface area contributed by atoms with Crippen molar-refractivity contribution in [2.75, 3.05) is 16.4 Å². The molecule has 0 fully saturated rings. The van der Waals surface area contributed by atoms with Crippen LogP contribution < -0.4 is 10.6 Å². The van der Waals surface area contributed by atoms with Gasteiger partial charge in [0.25, 0.3) is 5.91 Å². The van der Waals surface area contributed by atoms with Gasteiger partial charge in [0.2, 0.25) is 5.91 Å². The smallest absolute Gasteiger partial charge is 0.258 e. The molecule has 1 aromatic heterocycles. The maximum absolute atomic E-state index is 13.8. The van der Waals surface area contributed by atoms with Gasteiger partial charge in [-0.15, -0.1) is 23.1 Å². The lowest BCUT2D eigenvalue weighted by atomic mass is 9.96. The summed E-state index contributed by atoms with van der Waals surface area (Å²) in [6.45, 7) is 0. The number of aryl methyl sites for hydroxylation is 1. The Hall–Kier alpha value is -3.15. The second-order valence-corrected chi connectivity index (χ2v) is 9.48. The molecule has 1 aliphatic rings. The van der Waals surface area contributed by atoms with E-state index in [-0.39, 0.29) is 17.2 Å². The molecule has 162 valence electrons. The van der Waals surface area contributed by atoms with Crippen LogP contribution in [0.3, 0.4) is 0 Å². The number of carbonyl (C=O) groups excluding carboxylic acids is 2. The Labute approximate surface area is 193 Å². The monoisotopic (exact) mass is 465 g/mol. The molecule has 1 heterocycles. The summed E-state index contributed by atoms with van der Waals surface area (Å²) in [5.41, 5.74) is 2.17. The average Bonchev–Trinajstić information content (AvgIpc) is 3.15. The number of amides is 2. The molecule has 2 N–H and O–H groups in total. The van der Waals surface area contributed by atoms with E-state index < -0.39 is 11.7 Å². The van der Waals surface area contributed by atoms with Crippen LogP contribution in [0.15, 0.2) is 53.4 Å². The number of rotatable bonds is 6. The van der Waals surface area contributed by atoms with Crippen LogP contribution in [0.2, 0.25) is 0 Å². The number of thiophene rings is 1. The third kappa shape index (κ3) is 5.01. The number of nitriles is 1. The number of hydrogen-bond donors (Lipinski definition) is 2. The van der Waals surface area contributed by atoms with Crippen LogP contribution in [0.4, 0.5) is 15.1 Å². The fourth-order valence-electron chi connectivity index (χ4n) is 3.59. The molecule has 0 spiro atoms. The number of fused-ring (bicyclic) bond motifs is 1. The van der Waals surface area contributed by atoms with Gasteiger partial charge in [-0.05, 0) is 61.6 Å². The van der Waals surface area contributed by atoms with Gasteiger partial charge in [-0.1, -0.05) is 18.2 Å². The lowest BCUT2D eigenvalue weighted by molar-refractivity contribution is -0.113. The van der Waals surface area contributed by atoms with Crippen molar-refractivity contribution >= 4 is 45.6 Å². The molecule has 4 rings (SSSR count). The second-order valence-electron chi connectivity index (χ2n) is 7.33. The predicted molar refractivity (Wildman–Crippen MR) is 126 cm³/mol. The molecule has 3 aromatic rings. The Kier molecular flexibility index (Phi) is 6.88. The van der Waals surface area contributed by atoms with Gasteiger partial charge >= 0.3 is 0 Å². The van der Waals surface area contributed by atoms with E-state index in [1.54, 1.807) is 24.3 Å². The highest BCUT2D eigenvalue weighted by Crippen LogP contribution is 2.37. The highest BCUT2D eigenvalue weighted by Gasteiger charge is 2.21. The Morgan fingerprint density at radius 1 is 1.09 bits per heavy atom. The van der Waals surface area contributed by atoms with Crippen LogP contribution in [0, 0.1) is 17.1 Å². The van der Waals surface area contributed by atoms with Crippen molar-refractivity contribution in [1.82, 2.24) is 0 Å². The first-order valence-electron chi connectivity index (χ1n) is 10.2. The topological polar surface area (TPSA) is 82.0 Å². The lowest BCUT2D eigenvalue weighted by Crippen LogP contribution is -2.14. The molecule has 1 aliphatic carbocycles. The number of anilines is 2. The van der Waals surface area contributed by atoms with Crippen molar-refractivity contribution < 1.29 is 14.0 Å². The molecule has 5 nitrogen and oxygen atoms in total. The van der Waals surface area contributed by atoms with E-state index in [0.717, 1.165) is 36.1 Å². The van der Waals surface area contributed by atoms with Gasteiger partial charge in [0.05, 0.1) is 16.9 Å². The number of benzene rings is 2. The van der Waals surface area contributed by atoms with E-state index >= 15 is 0 Å². The van der Waals surface area contributed by atoms with Gasteiger partial charge in [-0.2, -0.15) is 5.26 Å². The third-order valence-electron chi connectivity index (χ3n) is 5.12. The summed E-state index contributed by atoms with van der Waals surface area (Å²) in [7, 11) is 0. The summed E-state index contributed by atoms with van der Waals surface area (Å²) in [5, 5.41) is 15.7. The summed E-state index contributed by atoms with van der Waals surface area (Å²) in [5.74, 6) is -1.14. The number of halogens is 1. The third-order valence-corrected chi connectivity index (χ3v) is 7.32. The Balaban J connectivity index is 1.37. The van der Waals surface area contributed by atoms with Crippen LogP contribution >= 0.6 is 23.1 Å². The van der Waals surface area contributed by atoms with Crippen molar-refractivity contribution in [3.05, 3.63) is 75.9 Å². The fourth-order valence-corrected chi connectivity index (χ4v) is 5.60. The Morgan fingerprint density at radius 2 is 1.91 bits per heavy atom. The van der Waals surface area contributed by atoms with Crippen LogP contribution in [0.25, 0.3) is 0 Å². The van der Waals surface area contributed by atoms with E-state index in [4.69, 9.17) is 0 Å². The molecule has 0 bridgehead atoms. The van der Waals surface area contributed by atoms with Crippen LogP contribution in [-0.4, -0.2) is 17.6 Å². The normalized spacial score (nSPS) is 12.5. The van der Waals surface area contributed by atoms with Crippen LogP contribution in [-0.2, 0) is 17.6 Å². The molecule has 2 aromatic carbocycles. The molecule has 2 amide bonds. The summed E-state index contributed by atoms with van der Waals surface area (Å²) in [4.78, 5) is 26.8. The molecule has 0 unspecified atom stereocenters. The minimum atomic E-state index is -0.584. The van der Waals surface area contributed by atoms with Crippen molar-refractivity contribution in [3.8, 4) is 6.07 Å². The number of carbonyl (C=O) groups is 2. The lowest BCUT2D eigenvalue weighted by Gasteiger charge is -2.09. The quantitative estimate of drug-likeness (QED) is 0.463. The van der Waals surface area contributed by atoms with Crippen molar-refractivity contribution in [1.29, 1.82) is 5.26 Å². The van der Waals surface area contributed by atoms with Crippen LogP contribution in [0.5, 0.6) is 0 Å². The molecule has 0 aliphatic heterocycles. The fraction of sp³-hybridized carbons (Fsp3) is 0.208. The van der Waals surface area contributed by atoms with Gasteiger partial charge in [0, 0.05) is 15.5 Å². The largest absolute Gasteiger partial charge is 0.322 e. The maximum Gasteiger partial charge on any atom is 0.258 e. The number of nitrogens with one attached hydrogen (secondary N) is 2. The van der Waals surface area contributed by atoms with Crippen molar-refractivity contribution in [2.24, 2.45) is 0 Å². The maximum atomic E-state index is 13.8. The molecule has 8 heteroatoms. The standard InChI is InChI=1S/C24H20FN3O2S2/c25-20-10-3-1-9-18(20)23(30)27-15-6-5-7-16(12-15)31-14-22(29)28-24-19(13-26)17-8-2-4-11-21(17)32-24/h1,3,5-7,9-10,12H,2,4,8,11,14H2,(H,27,30)(H,28,29). The number of thioether (sulfide) groups is 1. The van der Waals surface area contributed by atoms with E-state index in [1.165, 1.54) is 46.2 Å². The molecular formula is C24H20FN3O2S2. The second kappa shape index (κ2) is 9.98. The zero-order chi connectivity index (χ0) is 22.5. The zero-order valence-corrected chi connectivity index (χ0v) is 18.7. The summed E-state index contributed by atoms with van der Waals surface area (Å²) >= 11 is 2.82. The minimum Gasteiger partial charge on any atom is -0.322 e. The van der Waals surface area contributed by atoms with E-state index in [0.29, 0.717) is 16.3 Å². The zero-order valence-electron chi connectivity index (χ0n) is 17.1. The van der Waals surface area contributed by atoms with Gasteiger partial charge in [0.1, 0.15) is 16.9 Å². The molecule has 0 saturated heterocycles. The number of nitrogens with zero attached hydrogens (tertiary/aromatic N) is 1. The Bertz CT molecular complexity index is 1220. The molecule has 0 atom stereocenters. The van der Waals surface area contributed by atoms with Gasteiger partial charge < -0.3 is 10.6 Å². The molecule has 32 heavy (non-hydrogen) atoms. The molecular weight excluding hydrogens is 445 g/mol. The summed E-state index contributed by atoms with van der Waals surface area (Å²) < 4.78 is 13.8. The average molecular weight is 466 g/mol. The predicted octanol–water partition coefficient (Wildman–Crippen LogP) is 5.62.